The van der Waals surface area contributed by atoms with Crippen molar-refractivity contribution in [2.24, 2.45) is 0 Å². The van der Waals surface area contributed by atoms with E-state index in [2.05, 4.69) is 21.5 Å². The van der Waals surface area contributed by atoms with E-state index in [-0.39, 0.29) is 0 Å². The number of nitrogens with one attached hydrogen (secondary N) is 1. The monoisotopic (exact) mass is 181 g/mol. The van der Waals surface area contributed by atoms with Gasteiger partial charge in [-0.1, -0.05) is 17.3 Å². The van der Waals surface area contributed by atoms with E-state index in [0.29, 0.717) is 12.4 Å². The summed E-state index contributed by atoms with van der Waals surface area (Å²) in [7, 11) is 0. The van der Waals surface area contributed by atoms with E-state index >= 15 is 0 Å². The molecule has 4 nitrogen and oxygen atoms in total. The van der Waals surface area contributed by atoms with Crippen molar-refractivity contribution < 1.29 is 4.52 Å². The molecule has 0 amide bonds. The quantitative estimate of drug-likeness (QED) is 0.551. The SMILES string of the molecule is C/C=C/CCNCc1noc(C)n1. The molecule has 1 aromatic heterocycles. The Labute approximate surface area is 78.0 Å². The molecule has 0 aromatic carbocycles. The first-order valence-corrected chi connectivity index (χ1v) is 4.44. The Kier molecular flexibility index (Phi) is 4.18. The van der Waals surface area contributed by atoms with Gasteiger partial charge in [-0.05, 0) is 19.9 Å². The summed E-state index contributed by atoms with van der Waals surface area (Å²) in [5, 5.41) is 6.98. The third-order valence-corrected chi connectivity index (χ3v) is 1.58. The molecule has 0 saturated carbocycles. The zero-order valence-electron chi connectivity index (χ0n) is 8.08. The Morgan fingerprint density at radius 2 is 2.38 bits per heavy atom. The van der Waals surface area contributed by atoms with Gasteiger partial charge in [0.15, 0.2) is 5.82 Å². The zero-order valence-corrected chi connectivity index (χ0v) is 8.08. The van der Waals surface area contributed by atoms with Gasteiger partial charge < -0.3 is 9.84 Å². The number of rotatable bonds is 5. The fourth-order valence-electron chi connectivity index (χ4n) is 0.965. The predicted octanol–water partition coefficient (Wildman–Crippen LogP) is 1.43. The summed E-state index contributed by atoms with van der Waals surface area (Å²) in [5.74, 6) is 1.34. The van der Waals surface area contributed by atoms with Gasteiger partial charge in [-0.3, -0.25) is 0 Å². The van der Waals surface area contributed by atoms with Crippen molar-refractivity contribution >= 4 is 0 Å². The van der Waals surface area contributed by atoms with E-state index in [1.54, 1.807) is 6.92 Å². The fraction of sp³-hybridized carbons (Fsp3) is 0.556. The minimum Gasteiger partial charge on any atom is -0.340 e. The Balaban J connectivity index is 2.13. The van der Waals surface area contributed by atoms with Gasteiger partial charge in [0, 0.05) is 6.92 Å². The minimum absolute atomic E-state index is 0.616. The van der Waals surface area contributed by atoms with Crippen LogP contribution < -0.4 is 5.32 Å². The van der Waals surface area contributed by atoms with Crippen molar-refractivity contribution in [1.29, 1.82) is 0 Å². The number of allylic oxidation sites excluding steroid dienone is 1. The molecule has 4 heteroatoms. The van der Waals surface area contributed by atoms with Crippen LogP contribution in [0.25, 0.3) is 0 Å². The molecule has 0 bridgehead atoms. The summed E-state index contributed by atoms with van der Waals surface area (Å²) in [6.45, 7) is 5.42. The smallest absolute Gasteiger partial charge is 0.223 e. The van der Waals surface area contributed by atoms with Crippen molar-refractivity contribution in [2.75, 3.05) is 6.54 Å². The standard InChI is InChI=1S/C9H15N3O/c1-3-4-5-6-10-7-9-11-8(2)13-12-9/h3-4,10H,5-7H2,1-2H3/b4-3+. The number of nitrogens with zero attached hydrogens (tertiary/aromatic N) is 2. The van der Waals surface area contributed by atoms with Crippen LogP contribution in [0.4, 0.5) is 0 Å². The fourth-order valence-corrected chi connectivity index (χ4v) is 0.965. The van der Waals surface area contributed by atoms with Crippen molar-refractivity contribution in [2.45, 2.75) is 26.8 Å². The van der Waals surface area contributed by atoms with E-state index < -0.39 is 0 Å². The van der Waals surface area contributed by atoms with Crippen LogP contribution in [0.1, 0.15) is 25.1 Å². The molecule has 1 heterocycles. The maximum Gasteiger partial charge on any atom is 0.223 e. The highest BCUT2D eigenvalue weighted by atomic mass is 16.5. The van der Waals surface area contributed by atoms with E-state index in [1.165, 1.54) is 0 Å². The molecule has 1 rings (SSSR count). The molecular formula is C9H15N3O. The molecule has 1 N–H and O–H groups in total. The largest absolute Gasteiger partial charge is 0.340 e. The Hall–Kier alpha value is -1.16. The molecule has 0 spiro atoms. The summed E-state index contributed by atoms with van der Waals surface area (Å²) in [6.07, 6.45) is 5.20. The minimum atomic E-state index is 0.616. The highest BCUT2D eigenvalue weighted by molar-refractivity contribution is 4.83. The van der Waals surface area contributed by atoms with E-state index in [0.717, 1.165) is 18.8 Å². The Morgan fingerprint density at radius 1 is 1.54 bits per heavy atom. The van der Waals surface area contributed by atoms with Crippen LogP contribution in [0.3, 0.4) is 0 Å². The van der Waals surface area contributed by atoms with Gasteiger partial charge in [0.25, 0.3) is 0 Å². The number of aromatic nitrogens is 2. The van der Waals surface area contributed by atoms with Gasteiger partial charge in [-0.2, -0.15) is 4.98 Å². The van der Waals surface area contributed by atoms with Gasteiger partial charge in [-0.15, -0.1) is 0 Å². The Bertz CT molecular complexity index is 268. The van der Waals surface area contributed by atoms with Gasteiger partial charge in [0.1, 0.15) is 0 Å². The molecule has 1 aromatic rings. The third-order valence-electron chi connectivity index (χ3n) is 1.58. The van der Waals surface area contributed by atoms with E-state index in [9.17, 15) is 0 Å². The van der Waals surface area contributed by atoms with Gasteiger partial charge >= 0.3 is 0 Å². The van der Waals surface area contributed by atoms with Crippen molar-refractivity contribution in [3.8, 4) is 0 Å². The van der Waals surface area contributed by atoms with Crippen LogP contribution in [0.5, 0.6) is 0 Å². The van der Waals surface area contributed by atoms with Crippen LogP contribution >= 0.6 is 0 Å². The second-order valence-electron chi connectivity index (χ2n) is 2.76. The molecule has 13 heavy (non-hydrogen) atoms. The number of hydrogen-bond donors (Lipinski definition) is 1. The molecule has 0 saturated heterocycles. The van der Waals surface area contributed by atoms with Gasteiger partial charge in [0.2, 0.25) is 5.89 Å². The molecule has 0 fully saturated rings. The summed E-state index contributed by atoms with van der Waals surface area (Å²) >= 11 is 0. The van der Waals surface area contributed by atoms with Crippen molar-refractivity contribution in [1.82, 2.24) is 15.5 Å². The van der Waals surface area contributed by atoms with E-state index in [4.69, 9.17) is 4.52 Å². The summed E-state index contributed by atoms with van der Waals surface area (Å²) in [6, 6.07) is 0. The highest BCUT2D eigenvalue weighted by Gasteiger charge is 1.99. The number of aryl methyl sites for hydroxylation is 1. The van der Waals surface area contributed by atoms with Crippen LogP contribution in [-0.2, 0) is 6.54 Å². The van der Waals surface area contributed by atoms with Crippen molar-refractivity contribution in [3.63, 3.8) is 0 Å². The lowest BCUT2D eigenvalue weighted by Gasteiger charge is -1.96. The average molecular weight is 181 g/mol. The molecule has 0 aliphatic rings. The molecule has 0 atom stereocenters. The molecule has 0 radical (unpaired) electrons. The topological polar surface area (TPSA) is 51.0 Å². The van der Waals surface area contributed by atoms with E-state index in [1.807, 2.05) is 13.0 Å². The second-order valence-corrected chi connectivity index (χ2v) is 2.76. The molecule has 0 aliphatic heterocycles. The van der Waals surface area contributed by atoms with Crippen molar-refractivity contribution in [3.05, 3.63) is 23.9 Å². The first-order chi connectivity index (χ1) is 6.33. The lowest BCUT2D eigenvalue weighted by molar-refractivity contribution is 0.385. The first-order valence-electron chi connectivity index (χ1n) is 4.44. The van der Waals surface area contributed by atoms with Gasteiger partial charge in [-0.25, -0.2) is 0 Å². The number of hydrogen-bond acceptors (Lipinski definition) is 4. The van der Waals surface area contributed by atoms with Gasteiger partial charge in [0.05, 0.1) is 6.54 Å². The summed E-state index contributed by atoms with van der Waals surface area (Å²) in [4.78, 5) is 4.07. The molecule has 0 unspecified atom stereocenters. The first kappa shape index (κ1) is 9.92. The summed E-state index contributed by atoms with van der Waals surface area (Å²) < 4.78 is 4.83. The highest BCUT2D eigenvalue weighted by Crippen LogP contribution is 1.93. The zero-order chi connectivity index (χ0) is 9.52. The molecule has 72 valence electrons. The lowest BCUT2D eigenvalue weighted by atomic mass is 10.4. The van der Waals surface area contributed by atoms with Crippen LogP contribution in [-0.4, -0.2) is 16.7 Å². The lowest BCUT2D eigenvalue weighted by Crippen LogP contribution is -2.14. The maximum absolute atomic E-state index is 4.83. The second kappa shape index (κ2) is 5.48. The average Bonchev–Trinajstić information content (AvgIpc) is 2.51. The molecular weight excluding hydrogens is 166 g/mol. The van der Waals surface area contributed by atoms with Crippen LogP contribution in [0.2, 0.25) is 0 Å². The summed E-state index contributed by atoms with van der Waals surface area (Å²) in [5.41, 5.74) is 0. The molecule has 0 aliphatic carbocycles. The van der Waals surface area contributed by atoms with Crippen LogP contribution in [0.15, 0.2) is 16.7 Å². The predicted molar refractivity (Wildman–Crippen MR) is 50.2 cm³/mol. The third kappa shape index (κ3) is 3.85. The maximum atomic E-state index is 4.83. The van der Waals surface area contributed by atoms with Crippen LogP contribution in [0, 0.1) is 6.92 Å². The normalized spacial score (nSPS) is 11.2. The Morgan fingerprint density at radius 3 is 3.00 bits per heavy atom.